The van der Waals surface area contributed by atoms with Crippen molar-refractivity contribution >= 4 is 0 Å². The highest BCUT2D eigenvalue weighted by Crippen LogP contribution is 2.07. The van der Waals surface area contributed by atoms with Crippen molar-refractivity contribution in [2.45, 2.75) is 41.5 Å². The maximum atomic E-state index is 3.80. The van der Waals surface area contributed by atoms with Gasteiger partial charge in [0.15, 0.2) is 0 Å². The van der Waals surface area contributed by atoms with E-state index >= 15 is 0 Å². The van der Waals surface area contributed by atoms with Crippen molar-refractivity contribution < 1.29 is 0 Å². The molecule has 0 heteroatoms. The van der Waals surface area contributed by atoms with Gasteiger partial charge in [0.25, 0.3) is 0 Å². The fourth-order valence-electron chi connectivity index (χ4n) is 0.986. The third-order valence-electron chi connectivity index (χ3n) is 2.27. The average Bonchev–Trinajstić information content (AvgIpc) is 2.16. The first-order valence-electron chi connectivity index (χ1n) is 6.07. The molecule has 0 heterocycles. The van der Waals surface area contributed by atoms with Gasteiger partial charge in [0.05, 0.1) is 0 Å². The van der Waals surface area contributed by atoms with Crippen molar-refractivity contribution in [2.75, 3.05) is 0 Å². The molecular formula is C18H28. The topological polar surface area (TPSA) is 0 Å². The number of hydrogen-bond acceptors (Lipinski definition) is 0. The molecule has 0 amide bonds. The molecule has 0 N–H and O–H groups in total. The molecule has 100 valence electrons. The molecule has 18 heavy (non-hydrogen) atoms. The quantitative estimate of drug-likeness (QED) is 0.519. The lowest BCUT2D eigenvalue weighted by Gasteiger charge is -1.96. The largest absolute Gasteiger partial charge is 0.0961 e. The van der Waals surface area contributed by atoms with E-state index in [9.17, 15) is 0 Å². The first-order valence-corrected chi connectivity index (χ1v) is 6.07. The van der Waals surface area contributed by atoms with Crippen molar-refractivity contribution in [3.8, 4) is 0 Å². The molecule has 0 rings (SSSR count). The van der Waals surface area contributed by atoms with Gasteiger partial charge in [-0.2, -0.15) is 0 Å². The monoisotopic (exact) mass is 244 g/mol. The molecule has 0 aliphatic carbocycles. The van der Waals surface area contributed by atoms with Gasteiger partial charge in [-0.25, -0.2) is 0 Å². The van der Waals surface area contributed by atoms with Crippen LogP contribution in [-0.2, 0) is 0 Å². The maximum absolute atomic E-state index is 3.80. The van der Waals surface area contributed by atoms with Gasteiger partial charge in [0.1, 0.15) is 0 Å². The minimum Gasteiger partial charge on any atom is -0.0961 e. The highest BCUT2D eigenvalue weighted by Gasteiger charge is 1.87. The SMILES string of the molecule is C=C(C)/C=C(/C)C(=C)C.C=C(C)/C=C(/C)C(=C)C. The molecule has 0 saturated heterocycles. The van der Waals surface area contributed by atoms with Crippen LogP contribution in [0.5, 0.6) is 0 Å². The van der Waals surface area contributed by atoms with E-state index in [1.807, 2.05) is 53.7 Å². The number of hydrogen-bond donors (Lipinski definition) is 0. The van der Waals surface area contributed by atoms with Gasteiger partial charge in [0, 0.05) is 0 Å². The Kier molecular flexibility index (Phi) is 9.89. The lowest BCUT2D eigenvalue weighted by Crippen LogP contribution is -1.75. The average molecular weight is 244 g/mol. The summed E-state index contributed by atoms with van der Waals surface area (Å²) in [4.78, 5) is 0. The van der Waals surface area contributed by atoms with Crippen LogP contribution < -0.4 is 0 Å². The first kappa shape index (κ1) is 18.8. The minimum atomic E-state index is 1.08. The Morgan fingerprint density at radius 3 is 0.833 bits per heavy atom. The van der Waals surface area contributed by atoms with Gasteiger partial charge in [-0.1, -0.05) is 60.8 Å². The molecule has 0 aliphatic heterocycles. The van der Waals surface area contributed by atoms with Gasteiger partial charge in [-0.15, -0.1) is 0 Å². The molecule has 0 aliphatic rings. The number of rotatable bonds is 4. The fraction of sp³-hybridized carbons (Fsp3) is 0.333. The van der Waals surface area contributed by atoms with Gasteiger partial charge in [0.2, 0.25) is 0 Å². The lowest BCUT2D eigenvalue weighted by molar-refractivity contribution is 1.34. The molecule has 0 nitrogen and oxygen atoms in total. The van der Waals surface area contributed by atoms with E-state index < -0.39 is 0 Å². The summed E-state index contributed by atoms with van der Waals surface area (Å²) in [5.41, 5.74) is 6.80. The third-order valence-corrected chi connectivity index (χ3v) is 2.27. The van der Waals surface area contributed by atoms with E-state index in [4.69, 9.17) is 0 Å². The van der Waals surface area contributed by atoms with Crippen molar-refractivity contribution in [1.82, 2.24) is 0 Å². The summed E-state index contributed by atoms with van der Waals surface area (Å²) in [7, 11) is 0. The summed E-state index contributed by atoms with van der Waals surface area (Å²) < 4.78 is 0. The highest BCUT2D eigenvalue weighted by molar-refractivity contribution is 5.31. The zero-order chi connectivity index (χ0) is 14.9. The molecule has 0 saturated carbocycles. The second-order valence-electron chi connectivity index (χ2n) is 4.91. The molecular weight excluding hydrogens is 216 g/mol. The van der Waals surface area contributed by atoms with Gasteiger partial charge in [-0.05, 0) is 52.7 Å². The summed E-state index contributed by atoms with van der Waals surface area (Å²) in [6.07, 6.45) is 4.06. The highest BCUT2D eigenvalue weighted by atomic mass is 13.9. The summed E-state index contributed by atoms with van der Waals surface area (Å²) >= 11 is 0. The van der Waals surface area contributed by atoms with Crippen LogP contribution in [0.4, 0.5) is 0 Å². The molecule has 0 spiro atoms. The normalized spacial score (nSPS) is 11.2. The van der Waals surface area contributed by atoms with E-state index in [-0.39, 0.29) is 0 Å². The zero-order valence-corrected chi connectivity index (χ0v) is 13.0. The Hall–Kier alpha value is -1.56. The van der Waals surface area contributed by atoms with Gasteiger partial charge < -0.3 is 0 Å². The van der Waals surface area contributed by atoms with Crippen molar-refractivity contribution in [3.05, 3.63) is 71.9 Å². The Morgan fingerprint density at radius 1 is 0.556 bits per heavy atom. The van der Waals surface area contributed by atoms with Crippen molar-refractivity contribution in [1.29, 1.82) is 0 Å². The minimum absolute atomic E-state index is 1.08. The second kappa shape index (κ2) is 9.47. The van der Waals surface area contributed by atoms with Gasteiger partial charge >= 0.3 is 0 Å². The van der Waals surface area contributed by atoms with Crippen LogP contribution in [0, 0.1) is 0 Å². The Labute approximate surface area is 114 Å². The second-order valence-corrected chi connectivity index (χ2v) is 4.91. The summed E-state index contributed by atoms with van der Waals surface area (Å²) in [5, 5.41) is 0. The Balaban J connectivity index is 0. The van der Waals surface area contributed by atoms with Crippen LogP contribution in [0.3, 0.4) is 0 Å². The van der Waals surface area contributed by atoms with Crippen molar-refractivity contribution in [2.24, 2.45) is 0 Å². The van der Waals surface area contributed by atoms with E-state index in [2.05, 4.69) is 26.3 Å². The molecule has 0 aromatic heterocycles. The molecule has 0 atom stereocenters. The molecule has 0 radical (unpaired) electrons. The van der Waals surface area contributed by atoms with Crippen LogP contribution in [0.15, 0.2) is 71.9 Å². The van der Waals surface area contributed by atoms with E-state index in [0.717, 1.165) is 22.3 Å². The Bertz CT molecular complexity index is 358. The predicted molar refractivity (Wildman–Crippen MR) is 86.8 cm³/mol. The zero-order valence-electron chi connectivity index (χ0n) is 13.0. The van der Waals surface area contributed by atoms with Crippen molar-refractivity contribution in [3.63, 3.8) is 0 Å². The van der Waals surface area contributed by atoms with Gasteiger partial charge in [-0.3, -0.25) is 0 Å². The van der Waals surface area contributed by atoms with Crippen LogP contribution in [0.2, 0.25) is 0 Å². The van der Waals surface area contributed by atoms with Crippen LogP contribution in [0.1, 0.15) is 41.5 Å². The molecule has 0 aromatic rings. The molecule has 0 bridgehead atoms. The van der Waals surface area contributed by atoms with E-state index in [0.29, 0.717) is 0 Å². The summed E-state index contributed by atoms with van der Waals surface area (Å²) in [6, 6.07) is 0. The van der Waals surface area contributed by atoms with Crippen LogP contribution in [0.25, 0.3) is 0 Å². The molecule has 0 aromatic carbocycles. The molecule has 0 fully saturated rings. The first-order chi connectivity index (χ1) is 8.07. The summed E-state index contributed by atoms with van der Waals surface area (Å²) in [6.45, 7) is 27.1. The van der Waals surface area contributed by atoms with E-state index in [1.165, 1.54) is 11.1 Å². The number of allylic oxidation sites excluding steroid dienone is 8. The van der Waals surface area contributed by atoms with Crippen LogP contribution >= 0.6 is 0 Å². The third kappa shape index (κ3) is 12.5. The predicted octanol–water partition coefficient (Wildman–Crippen LogP) is 6.17. The molecule has 0 unspecified atom stereocenters. The smallest absolute Gasteiger partial charge is 0.0395 e. The fourth-order valence-corrected chi connectivity index (χ4v) is 0.986. The maximum Gasteiger partial charge on any atom is -0.0395 e. The lowest BCUT2D eigenvalue weighted by atomic mass is 10.1. The van der Waals surface area contributed by atoms with E-state index in [1.54, 1.807) is 0 Å². The Morgan fingerprint density at radius 2 is 0.778 bits per heavy atom. The van der Waals surface area contributed by atoms with Crippen LogP contribution in [-0.4, -0.2) is 0 Å². The summed E-state index contributed by atoms with van der Waals surface area (Å²) in [5.74, 6) is 0. The standard InChI is InChI=1S/2C9H14/c2*1-7(2)6-9(5)8(3)4/h2*6H,1,3H2,2,4-5H3/b2*9-6-.